The van der Waals surface area contributed by atoms with E-state index in [1.165, 1.54) is 30.5 Å². The Labute approximate surface area is 125 Å². The number of amides is 1. The van der Waals surface area contributed by atoms with Gasteiger partial charge in [-0.25, -0.2) is 5.43 Å². The Bertz CT molecular complexity index is 699. The molecule has 0 fully saturated rings. The minimum absolute atomic E-state index is 0.00717. The third-order valence-electron chi connectivity index (χ3n) is 2.60. The summed E-state index contributed by atoms with van der Waals surface area (Å²) in [5.74, 6) is -0.432. The molecular formula is C14H10ClN3O3. The molecule has 0 aliphatic heterocycles. The Morgan fingerprint density at radius 3 is 2.48 bits per heavy atom. The summed E-state index contributed by atoms with van der Waals surface area (Å²) in [5, 5.41) is 14.6. The van der Waals surface area contributed by atoms with Crippen LogP contribution in [0.5, 0.6) is 0 Å². The van der Waals surface area contributed by atoms with E-state index in [1.807, 2.05) is 0 Å². The van der Waals surface area contributed by atoms with E-state index < -0.39 is 10.8 Å². The number of rotatable bonds is 4. The van der Waals surface area contributed by atoms with E-state index in [9.17, 15) is 14.9 Å². The fourth-order valence-corrected chi connectivity index (χ4v) is 1.77. The van der Waals surface area contributed by atoms with Gasteiger partial charge in [-0.05, 0) is 29.8 Å². The molecule has 7 heteroatoms. The highest BCUT2D eigenvalue weighted by molar-refractivity contribution is 6.33. The van der Waals surface area contributed by atoms with Crippen LogP contribution in [0.1, 0.15) is 15.9 Å². The van der Waals surface area contributed by atoms with Crippen molar-refractivity contribution < 1.29 is 9.72 Å². The molecule has 0 bridgehead atoms. The van der Waals surface area contributed by atoms with Gasteiger partial charge in [0.05, 0.1) is 21.7 Å². The molecule has 0 unspecified atom stereocenters. The Balaban J connectivity index is 2.01. The molecular weight excluding hydrogens is 294 g/mol. The van der Waals surface area contributed by atoms with Crippen LogP contribution in [0.2, 0.25) is 5.02 Å². The van der Waals surface area contributed by atoms with Crippen molar-refractivity contribution in [1.82, 2.24) is 5.43 Å². The first-order valence-electron chi connectivity index (χ1n) is 5.90. The number of carbonyl (C=O) groups excluding carboxylic acids is 1. The maximum Gasteiger partial charge on any atom is 0.272 e. The largest absolute Gasteiger partial charge is 0.272 e. The van der Waals surface area contributed by atoms with Crippen LogP contribution in [-0.4, -0.2) is 17.0 Å². The maximum absolute atomic E-state index is 11.8. The summed E-state index contributed by atoms with van der Waals surface area (Å²) in [6, 6.07) is 12.4. The van der Waals surface area contributed by atoms with Crippen LogP contribution in [0.4, 0.5) is 5.69 Å². The van der Waals surface area contributed by atoms with Gasteiger partial charge in [0.2, 0.25) is 0 Å². The molecule has 0 radical (unpaired) electrons. The Kier molecular flexibility index (Phi) is 4.63. The van der Waals surface area contributed by atoms with Gasteiger partial charge in [-0.3, -0.25) is 14.9 Å². The first kappa shape index (κ1) is 14.7. The predicted molar refractivity (Wildman–Crippen MR) is 79.6 cm³/mol. The smallest absolute Gasteiger partial charge is 0.267 e. The van der Waals surface area contributed by atoms with Gasteiger partial charge in [-0.2, -0.15) is 5.10 Å². The van der Waals surface area contributed by atoms with Crippen molar-refractivity contribution in [3.05, 3.63) is 74.8 Å². The number of benzene rings is 2. The minimum atomic E-state index is -0.486. The summed E-state index contributed by atoms with van der Waals surface area (Å²) in [6.45, 7) is 0. The van der Waals surface area contributed by atoms with E-state index in [2.05, 4.69) is 10.5 Å². The van der Waals surface area contributed by atoms with Crippen LogP contribution in [-0.2, 0) is 0 Å². The lowest BCUT2D eigenvalue weighted by molar-refractivity contribution is -0.384. The van der Waals surface area contributed by atoms with Gasteiger partial charge >= 0.3 is 0 Å². The number of halogens is 1. The summed E-state index contributed by atoms with van der Waals surface area (Å²) in [5.41, 5.74) is 3.28. The van der Waals surface area contributed by atoms with Crippen molar-refractivity contribution in [3.8, 4) is 0 Å². The predicted octanol–water partition coefficient (Wildman–Crippen LogP) is 3.01. The molecule has 21 heavy (non-hydrogen) atoms. The van der Waals surface area contributed by atoms with Crippen molar-refractivity contribution in [2.75, 3.05) is 0 Å². The number of nitrogens with zero attached hydrogens (tertiary/aromatic N) is 2. The monoisotopic (exact) mass is 303 g/mol. The lowest BCUT2D eigenvalue weighted by atomic mass is 10.2. The standard InChI is InChI=1S/C14H10ClN3O3/c15-13-4-2-1-3-12(13)14(19)17-16-9-10-5-7-11(8-6-10)18(20)21/h1-9H,(H,17,19). The van der Waals surface area contributed by atoms with E-state index in [0.717, 1.165) is 0 Å². The number of nitro benzene ring substituents is 1. The molecule has 0 atom stereocenters. The van der Waals surface area contributed by atoms with Crippen LogP contribution in [0.25, 0.3) is 0 Å². The normalized spacial score (nSPS) is 10.5. The second-order valence-electron chi connectivity index (χ2n) is 4.03. The average molecular weight is 304 g/mol. The average Bonchev–Trinajstić information content (AvgIpc) is 2.48. The zero-order valence-electron chi connectivity index (χ0n) is 10.7. The Hall–Kier alpha value is -2.73. The second-order valence-corrected chi connectivity index (χ2v) is 4.43. The first-order chi connectivity index (χ1) is 10.1. The third-order valence-corrected chi connectivity index (χ3v) is 2.93. The highest BCUT2D eigenvalue weighted by atomic mass is 35.5. The number of carbonyl (C=O) groups is 1. The fraction of sp³-hybridized carbons (Fsp3) is 0. The zero-order chi connectivity index (χ0) is 15.2. The van der Waals surface area contributed by atoms with Crippen LogP contribution in [0.15, 0.2) is 53.6 Å². The van der Waals surface area contributed by atoms with Gasteiger partial charge in [-0.15, -0.1) is 0 Å². The summed E-state index contributed by atoms with van der Waals surface area (Å²) in [4.78, 5) is 21.8. The Morgan fingerprint density at radius 2 is 1.86 bits per heavy atom. The molecule has 0 saturated carbocycles. The van der Waals surface area contributed by atoms with Crippen LogP contribution in [0.3, 0.4) is 0 Å². The molecule has 106 valence electrons. The molecule has 1 amide bonds. The van der Waals surface area contributed by atoms with Gasteiger partial charge < -0.3 is 0 Å². The topological polar surface area (TPSA) is 84.6 Å². The van der Waals surface area contributed by atoms with Crippen LogP contribution in [0, 0.1) is 10.1 Å². The van der Waals surface area contributed by atoms with Gasteiger partial charge in [0, 0.05) is 12.1 Å². The minimum Gasteiger partial charge on any atom is -0.267 e. The van der Waals surface area contributed by atoms with Crippen molar-refractivity contribution in [2.24, 2.45) is 5.10 Å². The van der Waals surface area contributed by atoms with E-state index in [1.54, 1.807) is 24.3 Å². The molecule has 0 aliphatic rings. The number of nitrogens with one attached hydrogen (secondary N) is 1. The highest BCUT2D eigenvalue weighted by Gasteiger charge is 2.07. The molecule has 0 saturated heterocycles. The zero-order valence-corrected chi connectivity index (χ0v) is 11.4. The van der Waals surface area contributed by atoms with Crippen LogP contribution < -0.4 is 5.43 Å². The molecule has 0 aliphatic carbocycles. The van der Waals surface area contributed by atoms with Crippen molar-refractivity contribution >= 4 is 29.4 Å². The van der Waals surface area contributed by atoms with Gasteiger partial charge in [0.1, 0.15) is 0 Å². The quantitative estimate of drug-likeness (QED) is 0.535. The van der Waals surface area contributed by atoms with E-state index in [0.29, 0.717) is 16.1 Å². The lowest BCUT2D eigenvalue weighted by Gasteiger charge is -2.01. The number of non-ortho nitro benzene ring substituents is 1. The van der Waals surface area contributed by atoms with Crippen molar-refractivity contribution in [2.45, 2.75) is 0 Å². The van der Waals surface area contributed by atoms with Crippen LogP contribution >= 0.6 is 11.6 Å². The summed E-state index contributed by atoms with van der Waals surface area (Å²) < 4.78 is 0. The van der Waals surface area contributed by atoms with E-state index in [4.69, 9.17) is 11.6 Å². The molecule has 0 spiro atoms. The first-order valence-corrected chi connectivity index (χ1v) is 6.28. The summed E-state index contributed by atoms with van der Waals surface area (Å²) in [7, 11) is 0. The van der Waals surface area contributed by atoms with Crippen molar-refractivity contribution in [1.29, 1.82) is 0 Å². The summed E-state index contributed by atoms with van der Waals surface area (Å²) >= 11 is 5.89. The Morgan fingerprint density at radius 1 is 1.19 bits per heavy atom. The molecule has 0 aromatic heterocycles. The molecule has 2 aromatic carbocycles. The highest BCUT2D eigenvalue weighted by Crippen LogP contribution is 2.14. The number of hydrazone groups is 1. The maximum atomic E-state index is 11.8. The van der Waals surface area contributed by atoms with Gasteiger partial charge in [0.15, 0.2) is 0 Å². The van der Waals surface area contributed by atoms with Gasteiger partial charge in [0.25, 0.3) is 11.6 Å². The number of hydrogen-bond acceptors (Lipinski definition) is 4. The number of nitro groups is 1. The molecule has 6 nitrogen and oxygen atoms in total. The molecule has 0 heterocycles. The molecule has 1 N–H and O–H groups in total. The molecule has 2 aromatic rings. The third kappa shape index (κ3) is 3.87. The van der Waals surface area contributed by atoms with Crippen molar-refractivity contribution in [3.63, 3.8) is 0 Å². The summed E-state index contributed by atoms with van der Waals surface area (Å²) in [6.07, 6.45) is 1.39. The van der Waals surface area contributed by atoms with E-state index >= 15 is 0 Å². The van der Waals surface area contributed by atoms with Gasteiger partial charge in [-0.1, -0.05) is 23.7 Å². The fourth-order valence-electron chi connectivity index (χ4n) is 1.55. The SMILES string of the molecule is O=C(NN=Cc1ccc([N+](=O)[O-])cc1)c1ccccc1Cl. The molecule has 2 rings (SSSR count). The second kappa shape index (κ2) is 6.62. The number of hydrogen-bond donors (Lipinski definition) is 1. The lowest BCUT2D eigenvalue weighted by Crippen LogP contribution is -2.17. The van der Waals surface area contributed by atoms with E-state index in [-0.39, 0.29) is 5.69 Å².